The molecule has 0 radical (unpaired) electrons. The van der Waals surface area contributed by atoms with Crippen molar-refractivity contribution < 1.29 is 19.1 Å². The SMILES string of the molecule is CCc1cccc2cccc(N3CCc4c(nc(OC[C@]56CCCN5[C@@H](CO[Si](C)(C)C(C)(C)C)CC6)nc4N4C[C@H]5CC[C@@H](C4)N5C(=O)O)C3)c12. The molecular weight excluding hydrogens is 669 g/mol. The van der Waals surface area contributed by atoms with Crippen LogP contribution in [0, 0.1) is 0 Å². The second kappa shape index (κ2) is 13.5. The van der Waals surface area contributed by atoms with Crippen molar-refractivity contribution in [3.05, 3.63) is 53.2 Å². The van der Waals surface area contributed by atoms with Crippen molar-refractivity contribution in [2.75, 3.05) is 49.2 Å². The molecule has 3 aromatic rings. The zero-order valence-electron chi connectivity index (χ0n) is 32.2. The van der Waals surface area contributed by atoms with Gasteiger partial charge in [0.05, 0.1) is 29.9 Å². The van der Waals surface area contributed by atoms with Gasteiger partial charge in [0.15, 0.2) is 8.32 Å². The number of amides is 1. The van der Waals surface area contributed by atoms with Crippen molar-refractivity contribution in [2.24, 2.45) is 0 Å². The van der Waals surface area contributed by atoms with Crippen LogP contribution < -0.4 is 14.5 Å². The number of nitrogens with zero attached hydrogens (tertiary/aromatic N) is 6. The summed E-state index contributed by atoms with van der Waals surface area (Å²) < 4.78 is 13.5. The molecule has 4 saturated heterocycles. The summed E-state index contributed by atoms with van der Waals surface area (Å²) in [5, 5.41) is 12.8. The average molecular weight is 727 g/mol. The van der Waals surface area contributed by atoms with E-state index in [9.17, 15) is 9.90 Å². The molecule has 0 saturated carbocycles. The highest BCUT2D eigenvalue weighted by Crippen LogP contribution is 2.45. The average Bonchev–Trinajstić information content (AvgIpc) is 3.77. The summed E-state index contributed by atoms with van der Waals surface area (Å²) in [6, 6.07) is 14.1. The molecule has 10 nitrogen and oxygen atoms in total. The first-order valence-corrected chi connectivity index (χ1v) is 22.7. The van der Waals surface area contributed by atoms with Crippen molar-refractivity contribution in [3.63, 3.8) is 0 Å². The molecule has 11 heteroatoms. The largest absolute Gasteiger partial charge is 0.465 e. The van der Waals surface area contributed by atoms with Crippen LogP contribution in [0.15, 0.2) is 36.4 Å². The van der Waals surface area contributed by atoms with Crippen LogP contribution in [-0.2, 0) is 23.8 Å². The molecule has 5 aliphatic rings. The Kier molecular flexibility index (Phi) is 9.22. The minimum atomic E-state index is -1.84. The van der Waals surface area contributed by atoms with Crippen molar-refractivity contribution in [2.45, 2.75) is 127 Å². The van der Waals surface area contributed by atoms with Gasteiger partial charge in [0, 0.05) is 48.9 Å². The van der Waals surface area contributed by atoms with Gasteiger partial charge in [-0.05, 0) is 93.1 Å². The number of carboxylic acid groups (broad SMARTS) is 1. The summed E-state index contributed by atoms with van der Waals surface area (Å²) in [6.45, 7) is 19.2. The van der Waals surface area contributed by atoms with Crippen LogP contribution in [0.4, 0.5) is 16.3 Å². The number of rotatable bonds is 9. The van der Waals surface area contributed by atoms with E-state index in [1.54, 1.807) is 4.90 Å². The van der Waals surface area contributed by atoms with E-state index >= 15 is 0 Å². The van der Waals surface area contributed by atoms with E-state index < -0.39 is 14.4 Å². The Morgan fingerprint density at radius 2 is 1.75 bits per heavy atom. The zero-order chi connectivity index (χ0) is 36.4. The number of hydrogen-bond donors (Lipinski definition) is 1. The molecule has 1 aromatic heterocycles. The van der Waals surface area contributed by atoms with Crippen LogP contribution in [0.2, 0.25) is 18.1 Å². The molecule has 0 unspecified atom stereocenters. The number of carbonyl (C=O) groups is 1. The Morgan fingerprint density at radius 3 is 2.46 bits per heavy atom. The van der Waals surface area contributed by atoms with Crippen LogP contribution in [0.3, 0.4) is 0 Å². The molecular formula is C41H58N6O4Si. The summed E-state index contributed by atoms with van der Waals surface area (Å²) in [5.41, 5.74) is 4.82. The van der Waals surface area contributed by atoms with Gasteiger partial charge >= 0.3 is 12.1 Å². The summed E-state index contributed by atoms with van der Waals surface area (Å²) in [6.07, 6.45) is 7.34. The lowest BCUT2D eigenvalue weighted by atomic mass is 9.95. The second-order valence-electron chi connectivity index (χ2n) is 17.6. The summed E-state index contributed by atoms with van der Waals surface area (Å²) in [5.74, 6) is 0.946. The van der Waals surface area contributed by atoms with E-state index in [2.05, 4.69) is 91.9 Å². The molecule has 4 atom stereocenters. The molecule has 52 heavy (non-hydrogen) atoms. The molecule has 2 bridgehead atoms. The van der Waals surface area contributed by atoms with Crippen molar-refractivity contribution >= 4 is 36.7 Å². The van der Waals surface area contributed by atoms with Crippen LogP contribution in [0.1, 0.15) is 83.0 Å². The second-order valence-corrected chi connectivity index (χ2v) is 22.4. The maximum Gasteiger partial charge on any atom is 0.407 e. The number of fused-ring (bicyclic) bond motifs is 5. The summed E-state index contributed by atoms with van der Waals surface area (Å²) in [7, 11) is -1.84. The highest BCUT2D eigenvalue weighted by atomic mass is 28.4. The third-order valence-corrected chi connectivity index (χ3v) is 18.2. The quantitative estimate of drug-likeness (QED) is 0.225. The molecule has 6 heterocycles. The molecule has 8 rings (SSSR count). The minimum Gasteiger partial charge on any atom is -0.465 e. The molecule has 280 valence electrons. The fraction of sp³-hybridized carbons (Fsp3) is 0.634. The van der Waals surface area contributed by atoms with Gasteiger partial charge < -0.3 is 24.1 Å². The first kappa shape index (κ1) is 35.6. The van der Waals surface area contributed by atoms with E-state index in [0.717, 1.165) is 76.2 Å². The third kappa shape index (κ3) is 6.24. The van der Waals surface area contributed by atoms with E-state index in [4.69, 9.17) is 19.1 Å². The van der Waals surface area contributed by atoms with E-state index in [1.807, 2.05) is 0 Å². The van der Waals surface area contributed by atoms with Gasteiger partial charge in [-0.2, -0.15) is 9.97 Å². The van der Waals surface area contributed by atoms with Gasteiger partial charge in [0.1, 0.15) is 12.4 Å². The number of aromatic nitrogens is 2. The first-order valence-electron chi connectivity index (χ1n) is 19.8. The summed E-state index contributed by atoms with van der Waals surface area (Å²) >= 11 is 0. The highest BCUT2D eigenvalue weighted by molar-refractivity contribution is 6.74. The Hall–Kier alpha value is -3.41. The van der Waals surface area contributed by atoms with Crippen molar-refractivity contribution in [3.8, 4) is 6.01 Å². The fourth-order valence-electron chi connectivity index (χ4n) is 9.77. The number of piperazine rings is 1. The third-order valence-electron chi connectivity index (χ3n) is 13.7. The van der Waals surface area contributed by atoms with Gasteiger partial charge in [0.2, 0.25) is 0 Å². The number of benzene rings is 2. The molecule has 0 spiro atoms. The highest BCUT2D eigenvalue weighted by Gasteiger charge is 2.51. The maximum absolute atomic E-state index is 12.2. The number of aryl methyl sites for hydroxylation is 1. The standard InChI is InChI=1S/C41H58N6O4Si/c1-7-28-11-8-12-29-13-9-14-35(36(28)29)44-22-18-33-34(25-44)42-38(43-37(33)45-23-30-15-16-31(24-45)47(30)39(48)49)50-27-41-19-10-21-46(41)32(17-20-41)26-51-52(5,6)40(2,3)4/h8-9,11-14,30-32H,7,10,15-27H2,1-6H3,(H,48,49)/t30-,31+,32-,41-/m1/s1. The summed E-state index contributed by atoms with van der Waals surface area (Å²) in [4.78, 5) is 31.8. The van der Waals surface area contributed by atoms with Gasteiger partial charge in [-0.25, -0.2) is 4.79 Å². The van der Waals surface area contributed by atoms with Crippen LogP contribution in [0.25, 0.3) is 10.8 Å². The lowest BCUT2D eigenvalue weighted by molar-refractivity contribution is 0.0660. The lowest BCUT2D eigenvalue weighted by Gasteiger charge is -2.41. The van der Waals surface area contributed by atoms with Gasteiger partial charge in [0.25, 0.3) is 0 Å². The number of anilines is 2. The topological polar surface area (TPSA) is 94.5 Å². The predicted molar refractivity (Wildman–Crippen MR) is 209 cm³/mol. The molecule has 2 aromatic carbocycles. The normalized spacial score (nSPS) is 26.3. The van der Waals surface area contributed by atoms with Crippen molar-refractivity contribution in [1.29, 1.82) is 0 Å². The number of hydrogen-bond acceptors (Lipinski definition) is 8. The molecule has 0 aliphatic carbocycles. The van der Waals surface area contributed by atoms with Gasteiger partial charge in [-0.1, -0.05) is 58.0 Å². The molecule has 4 fully saturated rings. The molecule has 1 N–H and O–H groups in total. The monoisotopic (exact) mass is 726 g/mol. The van der Waals surface area contributed by atoms with Crippen LogP contribution in [-0.4, -0.2) is 102 Å². The molecule has 1 amide bonds. The Bertz CT molecular complexity index is 1810. The fourth-order valence-corrected chi connectivity index (χ4v) is 10.8. The maximum atomic E-state index is 12.2. The first-order chi connectivity index (χ1) is 24.9. The Balaban J connectivity index is 1.08. The molecule has 5 aliphatic heterocycles. The number of ether oxygens (including phenoxy) is 1. The smallest absolute Gasteiger partial charge is 0.407 e. The van der Waals surface area contributed by atoms with Crippen LogP contribution in [0.5, 0.6) is 6.01 Å². The Morgan fingerprint density at radius 1 is 1.00 bits per heavy atom. The minimum absolute atomic E-state index is 0.00984. The van der Waals surface area contributed by atoms with E-state index in [0.29, 0.717) is 38.3 Å². The van der Waals surface area contributed by atoms with Crippen LogP contribution >= 0.6 is 0 Å². The lowest BCUT2D eigenvalue weighted by Crippen LogP contribution is -2.56. The zero-order valence-corrected chi connectivity index (χ0v) is 33.2. The predicted octanol–water partition coefficient (Wildman–Crippen LogP) is 7.48. The van der Waals surface area contributed by atoms with Gasteiger partial charge in [-0.15, -0.1) is 0 Å². The van der Waals surface area contributed by atoms with Crippen molar-refractivity contribution in [1.82, 2.24) is 19.8 Å². The van der Waals surface area contributed by atoms with E-state index in [1.165, 1.54) is 34.0 Å². The van der Waals surface area contributed by atoms with Gasteiger partial charge in [-0.3, -0.25) is 9.80 Å². The van der Waals surface area contributed by atoms with E-state index in [-0.39, 0.29) is 22.7 Å². The Labute approximate surface area is 310 Å².